The summed E-state index contributed by atoms with van der Waals surface area (Å²) in [7, 11) is 0. The molecule has 2 amide bonds. The van der Waals surface area contributed by atoms with E-state index in [1.165, 1.54) is 33.5 Å². The second-order valence-corrected chi connectivity index (χ2v) is 10.6. The number of carbonyl (C=O) groups excluding carboxylic acids is 3. The molecule has 0 aliphatic carbocycles. The summed E-state index contributed by atoms with van der Waals surface area (Å²) in [5.74, 6) is -2.96. The molecule has 2 aliphatic heterocycles. The fourth-order valence-electron chi connectivity index (χ4n) is 2.94. The first-order valence-electron chi connectivity index (χ1n) is 9.37. The number of nitrogens with one attached hydrogen (secondary N) is 1. The Labute approximate surface area is 196 Å². The molecule has 174 valence electrons. The van der Waals surface area contributed by atoms with Crippen LogP contribution >= 0.6 is 34.7 Å². The van der Waals surface area contributed by atoms with Crippen LogP contribution in [0.1, 0.15) is 26.5 Å². The number of carbonyl (C=O) groups is 4. The predicted molar refractivity (Wildman–Crippen MR) is 117 cm³/mol. The number of carboxylic acids is 1. The molecule has 14 heteroatoms. The number of aliphatic carboxylic acids is 1. The molecular weight excluding hydrogens is 484 g/mol. The van der Waals surface area contributed by atoms with Crippen LogP contribution in [0.5, 0.6) is 0 Å². The van der Waals surface area contributed by atoms with Gasteiger partial charge >= 0.3 is 11.9 Å². The molecule has 2 N–H and O–H groups in total. The first kappa shape index (κ1) is 24.3. The number of rotatable bonds is 7. The number of esters is 1. The number of fused-ring (bicyclic) bond motifs is 1. The summed E-state index contributed by atoms with van der Waals surface area (Å²) < 4.78 is 5.12. The number of hydrogen-bond acceptors (Lipinski definition) is 10. The van der Waals surface area contributed by atoms with Gasteiger partial charge in [0.15, 0.2) is 10.6 Å². The second-order valence-electron chi connectivity index (χ2n) is 8.06. The zero-order valence-electron chi connectivity index (χ0n) is 17.4. The monoisotopic (exact) mass is 504 g/mol. The molecule has 32 heavy (non-hydrogen) atoms. The summed E-state index contributed by atoms with van der Waals surface area (Å²) in [5.41, 5.74) is 0.793. The smallest absolute Gasteiger partial charge is 0.347 e. The Hall–Kier alpha value is -2.38. The van der Waals surface area contributed by atoms with E-state index in [4.69, 9.17) is 21.2 Å². The van der Waals surface area contributed by atoms with Gasteiger partial charge in [-0.05, 0) is 20.8 Å². The van der Waals surface area contributed by atoms with Crippen LogP contribution < -0.4 is 5.32 Å². The number of hydrogen-bond donors (Lipinski definition) is 2. The van der Waals surface area contributed by atoms with E-state index in [-0.39, 0.29) is 23.7 Å². The Kier molecular flexibility index (Phi) is 7.00. The number of carboxylic acid groups (broad SMARTS) is 1. The highest BCUT2D eigenvalue weighted by molar-refractivity contribution is 8.00. The van der Waals surface area contributed by atoms with Crippen molar-refractivity contribution in [3.8, 4) is 0 Å². The molecular formula is C18H21ClN4O7S2. The quantitative estimate of drug-likeness (QED) is 0.180. The number of alkyl halides is 1. The van der Waals surface area contributed by atoms with Crippen LogP contribution in [0.4, 0.5) is 0 Å². The standard InChI is InChI=1S/C18H21ClN4O7S2/c1-17(2,3)30-10(24)4-29-22-11(9-5-31-8-20-9)13(25)21-12-14(26)23-6-18(19,16(27)28)7-32-15(12)23/h5,8,12,15H,4,6-7H2,1-3H3,(H,21,25)(H,27,28)/t12?,15-,18?/m1/s1. The Bertz CT molecular complexity index is 950. The average molecular weight is 505 g/mol. The molecule has 3 rings (SSSR count). The van der Waals surface area contributed by atoms with Gasteiger partial charge in [-0.3, -0.25) is 14.4 Å². The number of thiazole rings is 1. The van der Waals surface area contributed by atoms with Crippen molar-refractivity contribution in [2.75, 3.05) is 18.9 Å². The predicted octanol–water partition coefficient (Wildman–Crippen LogP) is 0.668. The molecule has 0 bridgehead atoms. The highest BCUT2D eigenvalue weighted by atomic mass is 35.5. The number of amides is 2. The molecule has 0 spiro atoms. The molecule has 0 aromatic carbocycles. The normalized spacial score (nSPS) is 25.4. The van der Waals surface area contributed by atoms with Gasteiger partial charge < -0.3 is 24.9 Å². The van der Waals surface area contributed by atoms with Gasteiger partial charge in [0.2, 0.25) is 12.5 Å². The van der Waals surface area contributed by atoms with Crippen LogP contribution in [0.2, 0.25) is 0 Å². The zero-order valence-corrected chi connectivity index (χ0v) is 19.8. The molecule has 0 saturated carbocycles. The van der Waals surface area contributed by atoms with Crippen molar-refractivity contribution in [2.24, 2.45) is 5.16 Å². The Morgan fingerprint density at radius 3 is 2.75 bits per heavy atom. The molecule has 11 nitrogen and oxygen atoms in total. The van der Waals surface area contributed by atoms with E-state index in [2.05, 4.69) is 15.5 Å². The van der Waals surface area contributed by atoms with Gasteiger partial charge in [-0.15, -0.1) is 34.7 Å². The first-order valence-corrected chi connectivity index (χ1v) is 11.7. The summed E-state index contributed by atoms with van der Waals surface area (Å²) in [6, 6.07) is -0.878. The number of aromatic nitrogens is 1. The third-order valence-electron chi connectivity index (χ3n) is 4.36. The van der Waals surface area contributed by atoms with Gasteiger partial charge in [0.25, 0.3) is 5.91 Å². The molecule has 0 radical (unpaired) electrons. The van der Waals surface area contributed by atoms with Crippen LogP contribution in [-0.2, 0) is 28.8 Å². The SMILES string of the molecule is CC(C)(C)OC(=O)CON=C(C(=O)NC1C(=O)N2CC(Cl)(C(=O)O)CS[C@H]12)c1cscn1. The van der Waals surface area contributed by atoms with Crippen LogP contribution in [0, 0.1) is 0 Å². The number of oxime groups is 1. The van der Waals surface area contributed by atoms with E-state index < -0.39 is 52.3 Å². The molecule has 2 saturated heterocycles. The molecule has 2 unspecified atom stereocenters. The molecule has 2 aliphatic rings. The average Bonchev–Trinajstić information content (AvgIpc) is 3.22. The lowest BCUT2D eigenvalue weighted by Gasteiger charge is -2.52. The van der Waals surface area contributed by atoms with Crippen molar-refractivity contribution in [1.29, 1.82) is 0 Å². The lowest BCUT2D eigenvalue weighted by atomic mass is 10.0. The van der Waals surface area contributed by atoms with Gasteiger partial charge in [-0.25, -0.2) is 9.78 Å². The summed E-state index contributed by atoms with van der Waals surface area (Å²) in [4.78, 5) is 57.2. The molecule has 1 aromatic rings. The van der Waals surface area contributed by atoms with Crippen molar-refractivity contribution in [3.63, 3.8) is 0 Å². The summed E-state index contributed by atoms with van der Waals surface area (Å²) in [6.07, 6.45) is 0. The topological polar surface area (TPSA) is 147 Å². The number of β-lactam (4-membered cyclic amide) rings is 1. The third-order valence-corrected chi connectivity index (χ3v) is 7.05. The highest BCUT2D eigenvalue weighted by Gasteiger charge is 2.57. The Balaban J connectivity index is 1.65. The fraction of sp³-hybridized carbons (Fsp3) is 0.556. The molecule has 1 aromatic heterocycles. The minimum atomic E-state index is -1.56. The Morgan fingerprint density at radius 1 is 1.44 bits per heavy atom. The number of halogens is 1. The maximum atomic E-state index is 12.8. The molecule has 3 heterocycles. The second kappa shape index (κ2) is 9.24. The van der Waals surface area contributed by atoms with Crippen molar-refractivity contribution >= 4 is 64.2 Å². The maximum absolute atomic E-state index is 12.8. The van der Waals surface area contributed by atoms with E-state index in [1.54, 1.807) is 26.2 Å². The zero-order chi connectivity index (χ0) is 23.7. The lowest BCUT2D eigenvalue weighted by molar-refractivity contribution is -0.160. The van der Waals surface area contributed by atoms with Gasteiger partial charge in [0.05, 0.1) is 12.1 Å². The van der Waals surface area contributed by atoms with E-state index in [0.717, 1.165) is 0 Å². The number of ether oxygens (including phenoxy) is 1. The van der Waals surface area contributed by atoms with Gasteiger partial charge in [0.1, 0.15) is 22.7 Å². The fourth-order valence-corrected chi connectivity index (χ4v) is 5.18. The van der Waals surface area contributed by atoms with Crippen LogP contribution in [0.25, 0.3) is 0 Å². The lowest BCUT2D eigenvalue weighted by Crippen LogP contribution is -2.74. The van der Waals surface area contributed by atoms with E-state index in [1.807, 2.05) is 0 Å². The van der Waals surface area contributed by atoms with Crippen LogP contribution in [-0.4, -0.2) is 85.3 Å². The van der Waals surface area contributed by atoms with Crippen LogP contribution in [0.15, 0.2) is 16.0 Å². The largest absolute Gasteiger partial charge is 0.480 e. The van der Waals surface area contributed by atoms with Gasteiger partial charge in [-0.1, -0.05) is 5.16 Å². The van der Waals surface area contributed by atoms with Gasteiger partial charge in [0, 0.05) is 11.1 Å². The summed E-state index contributed by atoms with van der Waals surface area (Å²) >= 11 is 8.48. The van der Waals surface area contributed by atoms with Crippen molar-refractivity contribution < 1.29 is 33.9 Å². The van der Waals surface area contributed by atoms with E-state index >= 15 is 0 Å². The maximum Gasteiger partial charge on any atom is 0.347 e. The minimum absolute atomic E-state index is 0.0801. The number of nitrogens with zero attached hydrogens (tertiary/aromatic N) is 3. The summed E-state index contributed by atoms with van der Waals surface area (Å²) in [5, 5.41) is 16.7. The molecule has 2 fully saturated rings. The minimum Gasteiger partial charge on any atom is -0.480 e. The summed E-state index contributed by atoms with van der Waals surface area (Å²) in [6.45, 7) is 4.44. The third kappa shape index (κ3) is 5.33. The highest BCUT2D eigenvalue weighted by Crippen LogP contribution is 2.41. The van der Waals surface area contributed by atoms with Crippen LogP contribution in [0.3, 0.4) is 0 Å². The number of thioether (sulfide) groups is 1. The first-order chi connectivity index (χ1) is 14.9. The van der Waals surface area contributed by atoms with Gasteiger partial charge in [-0.2, -0.15) is 0 Å². The van der Waals surface area contributed by atoms with Crippen molar-refractivity contribution in [1.82, 2.24) is 15.2 Å². The van der Waals surface area contributed by atoms with E-state index in [9.17, 15) is 24.3 Å². The van der Waals surface area contributed by atoms with E-state index in [0.29, 0.717) is 0 Å². The van der Waals surface area contributed by atoms with Crippen molar-refractivity contribution in [3.05, 3.63) is 16.6 Å². The Morgan fingerprint density at radius 2 is 2.16 bits per heavy atom. The van der Waals surface area contributed by atoms with Crippen molar-refractivity contribution in [2.45, 2.75) is 42.7 Å². The molecule has 3 atom stereocenters.